The van der Waals surface area contributed by atoms with Crippen LogP contribution in [0.3, 0.4) is 0 Å². The third kappa shape index (κ3) is 4.11. The van der Waals surface area contributed by atoms with Crippen LogP contribution in [-0.2, 0) is 11.5 Å². The summed E-state index contributed by atoms with van der Waals surface area (Å²) in [5, 5.41) is 11.6. The molecule has 3 aromatic heterocycles. The number of piperidine rings is 1. The van der Waals surface area contributed by atoms with Crippen LogP contribution in [0.25, 0.3) is 21.9 Å². The van der Waals surface area contributed by atoms with Crippen molar-refractivity contribution in [3.05, 3.63) is 30.7 Å². The molecular weight excluding hydrogens is 396 g/mol. The maximum absolute atomic E-state index is 11.5. The first-order valence-electron chi connectivity index (χ1n) is 10.7. The summed E-state index contributed by atoms with van der Waals surface area (Å²) in [6.07, 6.45) is 6.07. The van der Waals surface area contributed by atoms with Crippen molar-refractivity contribution in [2.75, 3.05) is 19.7 Å². The van der Waals surface area contributed by atoms with Gasteiger partial charge in [0.2, 0.25) is 0 Å². The molecule has 4 heterocycles. The first kappa shape index (κ1) is 20.9. The maximum atomic E-state index is 11.5. The standard InChI is InChI=1S/C22H32N4O3Si/c1-16-5-8-24(22(27)28)14-19(16)26-10-6-17-13-23-21-18(20(17)26)7-9-25(21)15-29-11-12-30(2,3)4/h6-7,9-10,13,16,19H,5,8,11-12,14-15H2,1-4H3,(H,27,28)/t16-,19+/m1/s1. The Morgan fingerprint density at radius 3 is 2.83 bits per heavy atom. The first-order valence-corrected chi connectivity index (χ1v) is 14.5. The van der Waals surface area contributed by atoms with E-state index >= 15 is 0 Å². The van der Waals surface area contributed by atoms with Gasteiger partial charge < -0.3 is 23.9 Å². The summed E-state index contributed by atoms with van der Waals surface area (Å²) in [6, 6.07) is 5.45. The van der Waals surface area contributed by atoms with Gasteiger partial charge in [-0.05, 0) is 30.5 Å². The van der Waals surface area contributed by atoms with Gasteiger partial charge in [0.15, 0.2) is 0 Å². The van der Waals surface area contributed by atoms with Gasteiger partial charge in [-0.2, -0.15) is 0 Å². The Kier molecular flexibility index (Phi) is 5.63. The minimum absolute atomic E-state index is 0.120. The van der Waals surface area contributed by atoms with Crippen molar-refractivity contribution in [2.24, 2.45) is 5.92 Å². The van der Waals surface area contributed by atoms with Crippen LogP contribution in [0.4, 0.5) is 4.79 Å². The van der Waals surface area contributed by atoms with Gasteiger partial charge in [0.1, 0.15) is 12.4 Å². The largest absolute Gasteiger partial charge is 0.465 e. The second-order valence-electron chi connectivity index (χ2n) is 9.72. The van der Waals surface area contributed by atoms with Crippen molar-refractivity contribution in [1.29, 1.82) is 0 Å². The number of amides is 1. The molecule has 1 fully saturated rings. The fraction of sp³-hybridized carbons (Fsp3) is 0.545. The zero-order valence-electron chi connectivity index (χ0n) is 18.3. The monoisotopic (exact) mass is 428 g/mol. The molecule has 0 aromatic carbocycles. The molecule has 1 aliphatic rings. The second-order valence-corrected chi connectivity index (χ2v) is 15.3. The summed E-state index contributed by atoms with van der Waals surface area (Å²) in [5.41, 5.74) is 2.04. The van der Waals surface area contributed by atoms with Gasteiger partial charge in [0.25, 0.3) is 0 Å². The number of aromatic nitrogens is 3. The van der Waals surface area contributed by atoms with Gasteiger partial charge in [0, 0.05) is 57.1 Å². The lowest BCUT2D eigenvalue weighted by atomic mass is 9.93. The van der Waals surface area contributed by atoms with E-state index < -0.39 is 14.2 Å². The zero-order chi connectivity index (χ0) is 21.5. The lowest BCUT2D eigenvalue weighted by molar-refractivity contribution is 0.0899. The molecule has 3 aromatic rings. The van der Waals surface area contributed by atoms with E-state index in [-0.39, 0.29) is 6.04 Å². The van der Waals surface area contributed by atoms with Gasteiger partial charge in [-0.3, -0.25) is 0 Å². The van der Waals surface area contributed by atoms with Crippen LogP contribution >= 0.6 is 0 Å². The predicted octanol–water partition coefficient (Wildman–Crippen LogP) is 4.86. The average Bonchev–Trinajstić information content (AvgIpc) is 3.28. The van der Waals surface area contributed by atoms with E-state index in [2.05, 4.69) is 54.0 Å². The number of carbonyl (C=O) groups is 1. The molecule has 1 saturated heterocycles. The molecule has 8 heteroatoms. The van der Waals surface area contributed by atoms with Crippen LogP contribution < -0.4 is 0 Å². The highest BCUT2D eigenvalue weighted by atomic mass is 28.3. The number of hydrogen-bond acceptors (Lipinski definition) is 3. The van der Waals surface area contributed by atoms with Gasteiger partial charge in [-0.1, -0.05) is 26.6 Å². The van der Waals surface area contributed by atoms with E-state index in [1.807, 2.05) is 12.4 Å². The van der Waals surface area contributed by atoms with Gasteiger partial charge in [-0.15, -0.1) is 0 Å². The number of fused-ring (bicyclic) bond motifs is 3. The highest BCUT2D eigenvalue weighted by molar-refractivity contribution is 6.76. The van der Waals surface area contributed by atoms with E-state index in [9.17, 15) is 9.90 Å². The molecule has 0 bridgehead atoms. The van der Waals surface area contributed by atoms with Crippen LogP contribution in [0, 0.1) is 5.92 Å². The topological polar surface area (TPSA) is 72.5 Å². The fourth-order valence-corrected chi connectivity index (χ4v) is 5.05. The minimum Gasteiger partial charge on any atom is -0.465 e. The van der Waals surface area contributed by atoms with Crippen LogP contribution in [0.15, 0.2) is 30.7 Å². The van der Waals surface area contributed by atoms with E-state index in [1.54, 1.807) is 0 Å². The quantitative estimate of drug-likeness (QED) is 0.449. The Hall–Kier alpha value is -2.32. The van der Waals surface area contributed by atoms with E-state index in [4.69, 9.17) is 9.72 Å². The SMILES string of the molecule is C[C@@H]1CCN(C(=O)O)C[C@@H]1n1ccc2cnc3c(ccn3COCC[Si](C)(C)C)c21. The van der Waals surface area contributed by atoms with E-state index in [0.717, 1.165) is 41.0 Å². The zero-order valence-corrected chi connectivity index (χ0v) is 19.3. The van der Waals surface area contributed by atoms with Gasteiger partial charge in [0.05, 0.1) is 11.6 Å². The second kappa shape index (κ2) is 8.07. The highest BCUT2D eigenvalue weighted by Crippen LogP contribution is 2.34. The number of hydrogen-bond donors (Lipinski definition) is 1. The van der Waals surface area contributed by atoms with E-state index in [1.165, 1.54) is 4.90 Å². The summed E-state index contributed by atoms with van der Waals surface area (Å²) < 4.78 is 10.3. The van der Waals surface area contributed by atoms with Gasteiger partial charge in [-0.25, -0.2) is 9.78 Å². The number of ether oxygens (including phenoxy) is 1. The number of likely N-dealkylation sites (tertiary alicyclic amines) is 1. The van der Waals surface area contributed by atoms with Crippen LogP contribution in [0.1, 0.15) is 19.4 Å². The summed E-state index contributed by atoms with van der Waals surface area (Å²) in [5.74, 6) is 0.409. The molecule has 7 nitrogen and oxygen atoms in total. The van der Waals surface area contributed by atoms with Crippen molar-refractivity contribution >= 4 is 36.1 Å². The summed E-state index contributed by atoms with van der Waals surface area (Å²) >= 11 is 0. The maximum Gasteiger partial charge on any atom is 0.407 e. The Morgan fingerprint density at radius 1 is 1.30 bits per heavy atom. The molecule has 0 spiro atoms. The Labute approximate surface area is 178 Å². The number of nitrogens with zero attached hydrogens (tertiary/aromatic N) is 4. The number of pyridine rings is 1. The van der Waals surface area contributed by atoms with Crippen LogP contribution in [0.2, 0.25) is 25.7 Å². The van der Waals surface area contributed by atoms with Crippen molar-refractivity contribution in [3.8, 4) is 0 Å². The molecule has 162 valence electrons. The van der Waals surface area contributed by atoms with Crippen LogP contribution in [-0.4, -0.2) is 58.0 Å². The third-order valence-electron chi connectivity index (χ3n) is 6.23. The molecular formula is C22H32N4O3Si. The molecule has 0 unspecified atom stereocenters. The first-order chi connectivity index (χ1) is 14.2. The molecule has 1 amide bonds. The molecule has 0 saturated carbocycles. The highest BCUT2D eigenvalue weighted by Gasteiger charge is 2.31. The van der Waals surface area contributed by atoms with Crippen molar-refractivity contribution in [3.63, 3.8) is 0 Å². The minimum atomic E-state index is -1.11. The normalized spacial score (nSPS) is 20.3. The van der Waals surface area contributed by atoms with Crippen molar-refractivity contribution in [1.82, 2.24) is 19.0 Å². The van der Waals surface area contributed by atoms with Gasteiger partial charge >= 0.3 is 6.09 Å². The smallest absolute Gasteiger partial charge is 0.407 e. The van der Waals surface area contributed by atoms with Crippen molar-refractivity contribution in [2.45, 2.75) is 51.8 Å². The molecule has 1 aliphatic heterocycles. The molecule has 30 heavy (non-hydrogen) atoms. The number of rotatable bonds is 6. The molecule has 2 atom stereocenters. The summed E-state index contributed by atoms with van der Waals surface area (Å²) in [7, 11) is -1.11. The molecule has 4 rings (SSSR count). The van der Waals surface area contributed by atoms with E-state index in [0.29, 0.717) is 25.7 Å². The Balaban J connectivity index is 1.63. The third-order valence-corrected chi connectivity index (χ3v) is 7.94. The Morgan fingerprint density at radius 2 is 2.10 bits per heavy atom. The average molecular weight is 429 g/mol. The molecule has 0 aliphatic carbocycles. The number of carboxylic acid groups (broad SMARTS) is 1. The predicted molar refractivity (Wildman–Crippen MR) is 122 cm³/mol. The fourth-order valence-electron chi connectivity index (χ4n) is 4.29. The molecule has 1 N–H and O–H groups in total. The summed E-state index contributed by atoms with van der Waals surface area (Å²) in [6.45, 7) is 11.7. The van der Waals surface area contributed by atoms with Crippen LogP contribution in [0.5, 0.6) is 0 Å². The summed E-state index contributed by atoms with van der Waals surface area (Å²) in [4.78, 5) is 17.8. The Bertz CT molecular complexity index is 1050. The lowest BCUT2D eigenvalue weighted by Crippen LogP contribution is -2.43. The van der Waals surface area contributed by atoms with Crippen molar-refractivity contribution < 1.29 is 14.6 Å². The lowest BCUT2D eigenvalue weighted by Gasteiger charge is -2.36. The molecule has 0 radical (unpaired) electrons.